The van der Waals surface area contributed by atoms with E-state index in [0.29, 0.717) is 35.1 Å². The molecule has 0 saturated carbocycles. The highest BCUT2D eigenvalue weighted by atomic mass is 35.5. The summed E-state index contributed by atoms with van der Waals surface area (Å²) in [6.07, 6.45) is 9.23. The third-order valence-electron chi connectivity index (χ3n) is 4.39. The molecule has 3 heterocycles. The number of hydrogen-bond donors (Lipinski definition) is 1. The van der Waals surface area contributed by atoms with Crippen LogP contribution < -0.4 is 10.5 Å². The first-order chi connectivity index (χ1) is 13.6. The van der Waals surface area contributed by atoms with Crippen LogP contribution in [0.1, 0.15) is 5.56 Å². The van der Waals surface area contributed by atoms with Gasteiger partial charge in [0.15, 0.2) is 11.7 Å². The maximum atomic E-state index is 6.01. The summed E-state index contributed by atoms with van der Waals surface area (Å²) in [5.74, 6) is 2.00. The molecule has 0 saturated heterocycles. The molecule has 3 aromatic rings. The van der Waals surface area contributed by atoms with Crippen LogP contribution in [-0.2, 0) is 6.54 Å². The van der Waals surface area contributed by atoms with E-state index in [4.69, 9.17) is 22.1 Å². The van der Waals surface area contributed by atoms with Gasteiger partial charge < -0.3 is 10.5 Å². The lowest BCUT2D eigenvalue weighted by Gasteiger charge is -2.25. The summed E-state index contributed by atoms with van der Waals surface area (Å²) < 4.78 is 7.89. The standard InChI is InChI=1S/C20H20ClN6O/c21-17-3-1-4-18(13-17)28-12-11-27(10-7-19(22)25-27)15-16-5-6-20(23-14-16)26-9-2-8-24-26/h1-10,13-14H,11-12,15H2,(H2,22,25)/q+1. The van der Waals surface area contributed by atoms with Gasteiger partial charge in [-0.15, -0.1) is 0 Å². The number of aromatic nitrogens is 3. The molecular formula is C20H20ClN6O+. The van der Waals surface area contributed by atoms with Gasteiger partial charge in [0.1, 0.15) is 31.6 Å². The van der Waals surface area contributed by atoms with E-state index in [9.17, 15) is 0 Å². The lowest BCUT2D eigenvalue weighted by Crippen LogP contribution is -2.39. The predicted octanol–water partition coefficient (Wildman–Crippen LogP) is 3.12. The second-order valence-corrected chi connectivity index (χ2v) is 6.93. The van der Waals surface area contributed by atoms with Crippen molar-refractivity contribution in [3.63, 3.8) is 0 Å². The number of hydrogen-bond acceptors (Lipinski definition) is 5. The van der Waals surface area contributed by atoms with Gasteiger partial charge in [0.05, 0.1) is 0 Å². The summed E-state index contributed by atoms with van der Waals surface area (Å²) in [5, 5.41) is 9.45. The van der Waals surface area contributed by atoms with Crippen molar-refractivity contribution < 1.29 is 9.33 Å². The highest BCUT2D eigenvalue weighted by Gasteiger charge is 2.30. The molecule has 2 N–H and O–H groups in total. The third-order valence-corrected chi connectivity index (χ3v) is 4.62. The summed E-state index contributed by atoms with van der Waals surface area (Å²) in [6, 6.07) is 13.2. The van der Waals surface area contributed by atoms with Crippen molar-refractivity contribution in [2.75, 3.05) is 13.2 Å². The van der Waals surface area contributed by atoms with E-state index in [1.807, 2.05) is 61.1 Å². The number of pyridine rings is 1. The molecule has 0 spiro atoms. The zero-order valence-electron chi connectivity index (χ0n) is 15.1. The average molecular weight is 396 g/mol. The molecule has 8 heteroatoms. The van der Waals surface area contributed by atoms with Crippen LogP contribution in [0.15, 0.2) is 78.4 Å². The molecule has 0 aliphatic carbocycles. The number of rotatable bonds is 7. The van der Waals surface area contributed by atoms with Gasteiger partial charge in [-0.25, -0.2) is 9.67 Å². The van der Waals surface area contributed by atoms with E-state index in [-0.39, 0.29) is 0 Å². The average Bonchev–Trinajstić information content (AvgIpc) is 3.33. The van der Waals surface area contributed by atoms with Gasteiger partial charge in [-0.2, -0.15) is 9.69 Å². The largest absolute Gasteiger partial charge is 0.488 e. The molecule has 28 heavy (non-hydrogen) atoms. The minimum Gasteiger partial charge on any atom is -0.488 e. The Bertz CT molecular complexity index is 1000. The van der Waals surface area contributed by atoms with Crippen molar-refractivity contribution in [2.45, 2.75) is 6.54 Å². The van der Waals surface area contributed by atoms with Gasteiger partial charge in [-0.3, -0.25) is 0 Å². The molecule has 1 atom stereocenters. The Labute approximate surface area is 167 Å². The molecule has 0 fully saturated rings. The quantitative estimate of drug-likeness (QED) is 0.623. The molecular weight excluding hydrogens is 376 g/mol. The second-order valence-electron chi connectivity index (χ2n) is 6.49. The monoisotopic (exact) mass is 395 g/mol. The van der Waals surface area contributed by atoms with E-state index in [1.165, 1.54) is 0 Å². The van der Waals surface area contributed by atoms with Gasteiger partial charge in [0.2, 0.25) is 0 Å². The molecule has 4 rings (SSSR count). The maximum Gasteiger partial charge on any atom is 0.185 e. The minimum absolute atomic E-state index is 0.329. The fourth-order valence-corrected chi connectivity index (χ4v) is 3.23. The van der Waals surface area contributed by atoms with Crippen LogP contribution in [0.5, 0.6) is 5.75 Å². The molecule has 0 amide bonds. The van der Waals surface area contributed by atoms with Crippen LogP contribution in [0, 0.1) is 0 Å². The SMILES string of the molecule is NC1=N[N+](CCOc2cccc(Cl)c2)(Cc2ccc(-n3cccn3)nc2)C=C1. The van der Waals surface area contributed by atoms with Crippen molar-refractivity contribution in [1.29, 1.82) is 0 Å². The number of benzene rings is 1. The minimum atomic E-state index is 0.329. The second kappa shape index (κ2) is 7.84. The van der Waals surface area contributed by atoms with E-state index in [1.54, 1.807) is 16.9 Å². The first kappa shape index (κ1) is 18.2. The number of nitrogens with zero attached hydrogens (tertiary/aromatic N) is 5. The highest BCUT2D eigenvalue weighted by molar-refractivity contribution is 6.30. The Hall–Kier alpha value is -3.16. The first-order valence-electron chi connectivity index (χ1n) is 8.87. The van der Waals surface area contributed by atoms with Gasteiger partial charge in [0.25, 0.3) is 0 Å². The van der Waals surface area contributed by atoms with Gasteiger partial charge in [-0.1, -0.05) is 22.8 Å². The van der Waals surface area contributed by atoms with Gasteiger partial charge in [-0.05, 0) is 36.4 Å². The maximum absolute atomic E-state index is 6.01. The van der Waals surface area contributed by atoms with E-state index in [2.05, 4.69) is 15.2 Å². The molecule has 2 aromatic heterocycles. The van der Waals surface area contributed by atoms with Crippen LogP contribution in [0.4, 0.5) is 0 Å². The molecule has 1 aliphatic rings. The molecule has 1 aliphatic heterocycles. The molecule has 0 bridgehead atoms. The molecule has 7 nitrogen and oxygen atoms in total. The van der Waals surface area contributed by atoms with Crippen LogP contribution >= 0.6 is 11.6 Å². The number of quaternary nitrogens is 1. The Morgan fingerprint density at radius 1 is 1.18 bits per heavy atom. The molecule has 0 radical (unpaired) electrons. The van der Waals surface area contributed by atoms with E-state index >= 15 is 0 Å². The van der Waals surface area contributed by atoms with E-state index in [0.717, 1.165) is 17.1 Å². The fraction of sp³-hybridized carbons (Fsp3) is 0.150. The first-order valence-corrected chi connectivity index (χ1v) is 9.25. The smallest absolute Gasteiger partial charge is 0.185 e. The number of halogens is 1. The topological polar surface area (TPSA) is 78.3 Å². The zero-order chi connectivity index (χ0) is 19.4. The third kappa shape index (κ3) is 4.21. The normalized spacial score (nSPS) is 18.2. The molecule has 1 unspecified atom stereocenters. The van der Waals surface area contributed by atoms with Crippen molar-refractivity contribution in [1.82, 2.24) is 14.8 Å². The molecule has 142 valence electrons. The van der Waals surface area contributed by atoms with Crippen molar-refractivity contribution >= 4 is 17.4 Å². The summed E-state index contributed by atoms with van der Waals surface area (Å²) in [6.45, 7) is 1.73. The van der Waals surface area contributed by atoms with Gasteiger partial charge in [0, 0.05) is 35.3 Å². The van der Waals surface area contributed by atoms with Crippen LogP contribution in [0.3, 0.4) is 0 Å². The predicted molar refractivity (Wildman–Crippen MR) is 108 cm³/mol. The van der Waals surface area contributed by atoms with Crippen LogP contribution in [-0.4, -0.2) is 38.3 Å². The lowest BCUT2D eigenvalue weighted by atomic mass is 10.2. The summed E-state index contributed by atoms with van der Waals surface area (Å²) in [5.41, 5.74) is 6.96. The zero-order valence-corrected chi connectivity index (χ0v) is 15.9. The van der Waals surface area contributed by atoms with Crippen LogP contribution in [0.2, 0.25) is 5.02 Å². The Morgan fingerprint density at radius 3 is 2.79 bits per heavy atom. The number of ether oxygens (including phenoxy) is 1. The highest BCUT2D eigenvalue weighted by Crippen LogP contribution is 2.22. The molecule has 1 aromatic carbocycles. The summed E-state index contributed by atoms with van der Waals surface area (Å²) in [4.78, 5) is 4.49. The van der Waals surface area contributed by atoms with Crippen LogP contribution in [0.25, 0.3) is 5.82 Å². The fourth-order valence-electron chi connectivity index (χ4n) is 3.05. The Balaban J connectivity index is 1.45. The Morgan fingerprint density at radius 2 is 2.11 bits per heavy atom. The van der Waals surface area contributed by atoms with Crippen molar-refractivity contribution in [3.8, 4) is 11.6 Å². The summed E-state index contributed by atoms with van der Waals surface area (Å²) in [7, 11) is 0. The van der Waals surface area contributed by atoms with Crippen molar-refractivity contribution in [3.05, 3.63) is 83.9 Å². The number of amidine groups is 1. The van der Waals surface area contributed by atoms with Crippen molar-refractivity contribution in [2.24, 2.45) is 10.8 Å². The van der Waals surface area contributed by atoms with Gasteiger partial charge >= 0.3 is 0 Å². The van der Waals surface area contributed by atoms with E-state index < -0.39 is 0 Å². The Kier molecular flexibility index (Phi) is 5.10. The number of nitrogens with two attached hydrogens (primary N) is 1. The lowest BCUT2D eigenvalue weighted by molar-refractivity contribution is -0.897. The summed E-state index contributed by atoms with van der Waals surface area (Å²) >= 11 is 6.01.